The largest absolute Gasteiger partial charge is 0.507 e. The molecule has 3 aromatic carbocycles. The minimum atomic E-state index is -0.822. The van der Waals surface area contributed by atoms with Crippen molar-refractivity contribution in [1.82, 2.24) is 0 Å². The number of rotatable bonds is 5. The van der Waals surface area contributed by atoms with E-state index < -0.39 is 17.7 Å². The normalized spacial score (nSPS) is 17.5. The van der Waals surface area contributed by atoms with Crippen molar-refractivity contribution in [2.24, 2.45) is 0 Å². The first-order valence-electron chi connectivity index (χ1n) is 12.3. The van der Waals surface area contributed by atoms with Crippen LogP contribution in [0.1, 0.15) is 62.9 Å². The van der Waals surface area contributed by atoms with E-state index >= 15 is 0 Å². The highest BCUT2D eigenvalue weighted by molar-refractivity contribution is 6.52. The van der Waals surface area contributed by atoms with Gasteiger partial charge in [-0.3, -0.25) is 14.5 Å². The lowest BCUT2D eigenvalue weighted by atomic mass is 9.85. The maximum Gasteiger partial charge on any atom is 0.300 e. The van der Waals surface area contributed by atoms with Crippen LogP contribution in [0.25, 0.3) is 5.76 Å². The molecule has 1 atom stereocenters. The van der Waals surface area contributed by atoms with Crippen LogP contribution < -0.4 is 9.64 Å². The van der Waals surface area contributed by atoms with Crippen LogP contribution in [0.4, 0.5) is 5.69 Å². The Morgan fingerprint density at radius 2 is 1.59 bits per heavy atom. The molecule has 1 saturated heterocycles. The smallest absolute Gasteiger partial charge is 0.300 e. The molecule has 1 aliphatic rings. The van der Waals surface area contributed by atoms with Gasteiger partial charge in [-0.15, -0.1) is 0 Å². The van der Waals surface area contributed by atoms with E-state index in [1.54, 1.807) is 42.5 Å². The Bertz CT molecular complexity index is 1370. The maximum atomic E-state index is 13.5. The van der Waals surface area contributed by atoms with E-state index in [2.05, 4.69) is 20.8 Å². The Morgan fingerprint density at radius 3 is 2.16 bits per heavy atom. The van der Waals surface area contributed by atoms with E-state index in [4.69, 9.17) is 16.3 Å². The number of carbonyl (C=O) groups is 2. The predicted molar refractivity (Wildman–Crippen MR) is 148 cm³/mol. The zero-order chi connectivity index (χ0) is 27.1. The molecule has 0 bridgehead atoms. The molecule has 192 valence electrons. The molecule has 5 nitrogen and oxygen atoms in total. The molecular formula is C31H32ClNO4. The summed E-state index contributed by atoms with van der Waals surface area (Å²) in [5, 5.41) is 11.9. The number of aliphatic hydroxyl groups excluding tert-OH is 1. The van der Waals surface area contributed by atoms with Crippen molar-refractivity contribution in [3.63, 3.8) is 0 Å². The van der Waals surface area contributed by atoms with Crippen molar-refractivity contribution < 1.29 is 19.4 Å². The van der Waals surface area contributed by atoms with Crippen LogP contribution in [0.15, 0.2) is 72.3 Å². The van der Waals surface area contributed by atoms with Crippen molar-refractivity contribution in [3.05, 3.63) is 99.6 Å². The number of nitrogens with zero attached hydrogens (tertiary/aromatic N) is 1. The molecule has 6 heteroatoms. The lowest BCUT2D eigenvalue weighted by Crippen LogP contribution is -2.30. The number of hydrogen-bond acceptors (Lipinski definition) is 4. The van der Waals surface area contributed by atoms with E-state index in [0.29, 0.717) is 33.1 Å². The zero-order valence-electron chi connectivity index (χ0n) is 22.0. The molecule has 0 radical (unpaired) electrons. The summed E-state index contributed by atoms with van der Waals surface area (Å²) in [6.45, 7) is 12.0. The third-order valence-corrected chi connectivity index (χ3v) is 6.94. The first kappa shape index (κ1) is 26.5. The van der Waals surface area contributed by atoms with Crippen molar-refractivity contribution in [1.29, 1.82) is 0 Å². The van der Waals surface area contributed by atoms with Crippen molar-refractivity contribution >= 4 is 34.7 Å². The topological polar surface area (TPSA) is 66.8 Å². The van der Waals surface area contributed by atoms with Gasteiger partial charge >= 0.3 is 0 Å². The number of benzene rings is 3. The molecule has 3 aromatic rings. The van der Waals surface area contributed by atoms with Crippen molar-refractivity contribution in [2.75, 3.05) is 4.90 Å². The van der Waals surface area contributed by atoms with Gasteiger partial charge in [0.1, 0.15) is 11.5 Å². The summed E-state index contributed by atoms with van der Waals surface area (Å²) in [5.74, 6) is -1.04. The van der Waals surface area contributed by atoms with E-state index in [-0.39, 0.29) is 22.9 Å². The minimum Gasteiger partial charge on any atom is -0.507 e. The molecule has 0 aliphatic carbocycles. The van der Waals surface area contributed by atoms with Crippen LogP contribution in [0.5, 0.6) is 5.75 Å². The van der Waals surface area contributed by atoms with Crippen LogP contribution in [0.2, 0.25) is 5.02 Å². The minimum absolute atomic E-state index is 0.00165. The quantitative estimate of drug-likeness (QED) is 0.218. The van der Waals surface area contributed by atoms with Gasteiger partial charge in [-0.25, -0.2) is 0 Å². The molecule has 4 rings (SSSR count). The molecule has 1 amide bonds. The molecule has 0 spiro atoms. The van der Waals surface area contributed by atoms with Crippen LogP contribution in [-0.2, 0) is 15.0 Å². The van der Waals surface area contributed by atoms with Gasteiger partial charge in [0.25, 0.3) is 11.7 Å². The molecule has 0 aromatic heterocycles. The molecule has 1 heterocycles. The summed E-state index contributed by atoms with van der Waals surface area (Å²) in [5.41, 5.74) is 3.43. The number of ether oxygens (including phenoxy) is 1. The van der Waals surface area contributed by atoms with Gasteiger partial charge in [0, 0.05) is 16.3 Å². The molecule has 0 saturated carbocycles. The van der Waals surface area contributed by atoms with Crippen LogP contribution in [-0.4, -0.2) is 22.9 Å². The first-order chi connectivity index (χ1) is 17.4. The number of amides is 1. The molecule has 1 unspecified atom stereocenters. The number of anilines is 1. The second kappa shape index (κ2) is 10.1. The highest BCUT2D eigenvalue weighted by Gasteiger charge is 2.47. The molecule has 1 fully saturated rings. The number of halogens is 1. The Hall–Kier alpha value is -3.57. The molecule has 1 aliphatic heterocycles. The van der Waals surface area contributed by atoms with Crippen LogP contribution in [0, 0.1) is 6.92 Å². The predicted octanol–water partition coefficient (Wildman–Crippen LogP) is 7.36. The highest BCUT2D eigenvalue weighted by Crippen LogP contribution is 2.44. The second-order valence-electron chi connectivity index (χ2n) is 10.6. The number of ketones is 1. The molecular weight excluding hydrogens is 486 g/mol. The van der Waals surface area contributed by atoms with Gasteiger partial charge in [0.05, 0.1) is 17.7 Å². The summed E-state index contributed by atoms with van der Waals surface area (Å²) in [4.78, 5) is 28.4. The average molecular weight is 518 g/mol. The fourth-order valence-corrected chi connectivity index (χ4v) is 4.71. The summed E-state index contributed by atoms with van der Waals surface area (Å²) in [6, 6.07) is 19.1. The molecule has 1 N–H and O–H groups in total. The number of carbonyl (C=O) groups excluding carboxylic acids is 2. The van der Waals surface area contributed by atoms with E-state index in [1.165, 1.54) is 4.90 Å². The average Bonchev–Trinajstić information content (AvgIpc) is 3.10. The van der Waals surface area contributed by atoms with Crippen molar-refractivity contribution in [3.8, 4) is 5.75 Å². The Morgan fingerprint density at radius 1 is 0.973 bits per heavy atom. The van der Waals surface area contributed by atoms with Crippen molar-refractivity contribution in [2.45, 2.75) is 59.1 Å². The Kier molecular flexibility index (Phi) is 7.20. The van der Waals surface area contributed by atoms with Gasteiger partial charge in [-0.1, -0.05) is 62.7 Å². The standard InChI is InChI=1S/C31H32ClNO4/c1-18(2)37-23-16-12-21(13-17-23)28(34)26-27(20-10-14-22(15-11-20)31(4,5)6)33(30(36)29(26)35)25-9-7-8-24(32)19(25)3/h7-18,27,34H,1-6H3/b28-26+. The van der Waals surface area contributed by atoms with Gasteiger partial charge in [-0.05, 0) is 79.3 Å². The third-order valence-electron chi connectivity index (χ3n) is 6.54. The summed E-state index contributed by atoms with van der Waals surface area (Å²) >= 11 is 6.39. The Balaban J connectivity index is 1.90. The summed E-state index contributed by atoms with van der Waals surface area (Å²) in [6.07, 6.45) is 0.00165. The second-order valence-corrected chi connectivity index (χ2v) is 11.0. The van der Waals surface area contributed by atoms with Gasteiger partial charge in [0.15, 0.2) is 0 Å². The fraction of sp³-hybridized carbons (Fsp3) is 0.290. The SMILES string of the molecule is Cc1c(Cl)cccc1N1C(=O)C(=O)/C(=C(/O)c2ccc(OC(C)C)cc2)C1c1ccc(C(C)(C)C)cc1. The number of Topliss-reactive ketones (excluding diaryl/α,β-unsaturated/α-hetero) is 1. The molecule has 37 heavy (non-hydrogen) atoms. The van der Waals surface area contributed by atoms with Crippen LogP contribution >= 0.6 is 11.6 Å². The lowest BCUT2D eigenvalue weighted by Gasteiger charge is -2.28. The van der Waals surface area contributed by atoms with E-state index in [9.17, 15) is 14.7 Å². The van der Waals surface area contributed by atoms with Crippen LogP contribution in [0.3, 0.4) is 0 Å². The fourth-order valence-electron chi connectivity index (χ4n) is 4.54. The highest BCUT2D eigenvalue weighted by atomic mass is 35.5. The van der Waals surface area contributed by atoms with E-state index in [1.807, 2.05) is 45.0 Å². The Labute approximate surface area is 223 Å². The third kappa shape index (κ3) is 5.14. The lowest BCUT2D eigenvalue weighted by molar-refractivity contribution is -0.132. The zero-order valence-corrected chi connectivity index (χ0v) is 22.8. The van der Waals surface area contributed by atoms with Gasteiger partial charge in [-0.2, -0.15) is 0 Å². The summed E-state index contributed by atoms with van der Waals surface area (Å²) < 4.78 is 5.70. The van der Waals surface area contributed by atoms with Gasteiger partial charge < -0.3 is 9.84 Å². The number of hydrogen-bond donors (Lipinski definition) is 1. The summed E-state index contributed by atoms with van der Waals surface area (Å²) in [7, 11) is 0. The monoisotopic (exact) mass is 517 g/mol. The van der Waals surface area contributed by atoms with Gasteiger partial charge in [0.2, 0.25) is 0 Å². The maximum absolute atomic E-state index is 13.5. The van der Waals surface area contributed by atoms with E-state index in [0.717, 1.165) is 5.56 Å². The number of aliphatic hydroxyl groups is 1. The first-order valence-corrected chi connectivity index (χ1v) is 12.7.